The highest BCUT2D eigenvalue weighted by atomic mass is 32.2. The standard InChI is InChI=1S/C25H32N4O3S2/c1-18-11-13-28(14-12-18)34(31,32)21-8-6-20(7-9-21)24(30)29(16-15-27(3)4)25-26-22-10-5-19(2)17-23(22)33-25/h5-10,17-18H,11-16H2,1-4H3. The van der Waals surface area contributed by atoms with E-state index in [0.717, 1.165) is 28.6 Å². The first-order chi connectivity index (χ1) is 16.1. The molecule has 1 aromatic heterocycles. The van der Waals surface area contributed by atoms with Crippen LogP contribution in [0.1, 0.15) is 35.7 Å². The molecule has 1 fully saturated rings. The summed E-state index contributed by atoms with van der Waals surface area (Å²) in [4.78, 5) is 22.2. The van der Waals surface area contributed by atoms with Crippen molar-refractivity contribution in [2.45, 2.75) is 31.6 Å². The van der Waals surface area contributed by atoms with E-state index in [-0.39, 0.29) is 10.8 Å². The Labute approximate surface area is 206 Å². The van der Waals surface area contributed by atoms with Gasteiger partial charge in [0, 0.05) is 31.7 Å². The van der Waals surface area contributed by atoms with Gasteiger partial charge in [0.1, 0.15) is 0 Å². The lowest BCUT2D eigenvalue weighted by Gasteiger charge is -2.29. The molecule has 0 atom stereocenters. The van der Waals surface area contributed by atoms with E-state index >= 15 is 0 Å². The lowest BCUT2D eigenvalue weighted by atomic mass is 10.0. The van der Waals surface area contributed by atoms with Gasteiger partial charge in [0.25, 0.3) is 5.91 Å². The fraction of sp³-hybridized carbons (Fsp3) is 0.440. The Hall–Kier alpha value is -2.33. The van der Waals surface area contributed by atoms with E-state index in [2.05, 4.69) is 13.0 Å². The van der Waals surface area contributed by atoms with Crippen LogP contribution < -0.4 is 4.90 Å². The Balaban J connectivity index is 1.59. The lowest BCUT2D eigenvalue weighted by molar-refractivity contribution is 0.0985. The van der Waals surface area contributed by atoms with E-state index < -0.39 is 10.0 Å². The SMILES string of the molecule is Cc1ccc2nc(N(CCN(C)C)C(=O)c3ccc(S(=O)(=O)N4CCC(C)CC4)cc3)sc2c1. The van der Waals surface area contributed by atoms with E-state index in [9.17, 15) is 13.2 Å². The van der Waals surface area contributed by atoms with Gasteiger partial charge < -0.3 is 4.90 Å². The van der Waals surface area contributed by atoms with Crippen LogP contribution in [0, 0.1) is 12.8 Å². The van der Waals surface area contributed by atoms with Crippen molar-refractivity contribution in [1.82, 2.24) is 14.2 Å². The van der Waals surface area contributed by atoms with Crippen LogP contribution in [0.25, 0.3) is 10.2 Å². The first kappa shape index (κ1) is 24.8. The minimum absolute atomic E-state index is 0.187. The highest BCUT2D eigenvalue weighted by Gasteiger charge is 2.28. The van der Waals surface area contributed by atoms with Gasteiger partial charge in [0.2, 0.25) is 10.0 Å². The molecule has 4 rings (SSSR count). The average molecular weight is 501 g/mol. The molecule has 0 unspecified atom stereocenters. The summed E-state index contributed by atoms with van der Waals surface area (Å²) in [7, 11) is 0.376. The molecule has 0 aliphatic carbocycles. The van der Waals surface area contributed by atoms with Crippen LogP contribution in [-0.4, -0.2) is 68.8 Å². The van der Waals surface area contributed by atoms with E-state index in [4.69, 9.17) is 4.98 Å². The predicted octanol–water partition coefficient (Wildman–Crippen LogP) is 4.23. The number of aromatic nitrogens is 1. The summed E-state index contributed by atoms with van der Waals surface area (Å²) in [5.74, 6) is 0.361. The van der Waals surface area contributed by atoms with Crippen LogP contribution in [0.15, 0.2) is 47.4 Å². The second kappa shape index (κ2) is 10.1. The molecule has 1 aliphatic heterocycles. The van der Waals surface area contributed by atoms with E-state index in [1.807, 2.05) is 38.1 Å². The monoisotopic (exact) mass is 500 g/mol. The van der Waals surface area contributed by atoms with Gasteiger partial charge in [0.15, 0.2) is 5.13 Å². The third-order valence-corrected chi connectivity index (χ3v) is 9.22. The molecule has 3 aromatic rings. The molecule has 0 saturated carbocycles. The first-order valence-corrected chi connectivity index (χ1v) is 13.8. The number of sulfonamides is 1. The van der Waals surface area contributed by atoms with E-state index in [0.29, 0.717) is 42.8 Å². The van der Waals surface area contributed by atoms with Gasteiger partial charge in [-0.3, -0.25) is 9.69 Å². The number of carbonyl (C=O) groups is 1. The number of thiazole rings is 1. The summed E-state index contributed by atoms with van der Waals surface area (Å²) in [6.07, 6.45) is 1.75. The van der Waals surface area contributed by atoms with Gasteiger partial charge in [-0.25, -0.2) is 13.4 Å². The molecule has 34 heavy (non-hydrogen) atoms. The maximum Gasteiger partial charge on any atom is 0.260 e. The molecule has 9 heteroatoms. The van der Waals surface area contributed by atoms with Gasteiger partial charge in [-0.15, -0.1) is 0 Å². The van der Waals surface area contributed by atoms with Crippen molar-refractivity contribution in [2.75, 3.05) is 45.2 Å². The molecule has 0 N–H and O–H groups in total. The topological polar surface area (TPSA) is 73.8 Å². The number of hydrogen-bond donors (Lipinski definition) is 0. The zero-order valence-corrected chi connectivity index (χ0v) is 21.8. The largest absolute Gasteiger partial charge is 0.308 e. The molecule has 2 heterocycles. The van der Waals surface area contributed by atoms with Crippen molar-refractivity contribution in [1.29, 1.82) is 0 Å². The summed E-state index contributed by atoms with van der Waals surface area (Å²) >= 11 is 1.49. The number of piperidine rings is 1. The Morgan fingerprint density at radius 3 is 2.41 bits per heavy atom. The second-order valence-electron chi connectivity index (χ2n) is 9.34. The quantitative estimate of drug-likeness (QED) is 0.485. The molecule has 182 valence electrons. The molecule has 1 amide bonds. The zero-order valence-electron chi connectivity index (χ0n) is 20.2. The summed E-state index contributed by atoms with van der Waals surface area (Å²) in [5.41, 5.74) is 2.46. The van der Waals surface area contributed by atoms with Crippen molar-refractivity contribution in [3.05, 3.63) is 53.6 Å². The number of rotatable bonds is 7. The van der Waals surface area contributed by atoms with Crippen LogP contribution >= 0.6 is 11.3 Å². The predicted molar refractivity (Wildman–Crippen MR) is 138 cm³/mol. The molecule has 0 spiro atoms. The molecule has 1 aliphatic rings. The van der Waals surface area contributed by atoms with E-state index in [1.165, 1.54) is 11.3 Å². The van der Waals surface area contributed by atoms with Crippen LogP contribution in [0.2, 0.25) is 0 Å². The first-order valence-electron chi connectivity index (χ1n) is 11.6. The van der Waals surface area contributed by atoms with Gasteiger partial charge in [-0.05, 0) is 81.7 Å². The molecule has 0 radical (unpaired) electrons. The Morgan fingerprint density at radius 2 is 1.76 bits per heavy atom. The third kappa shape index (κ3) is 5.33. The third-order valence-electron chi connectivity index (χ3n) is 6.26. The van der Waals surface area contributed by atoms with Crippen LogP contribution in [0.3, 0.4) is 0 Å². The number of carbonyl (C=O) groups excluding carboxylic acids is 1. The maximum atomic E-state index is 13.5. The number of benzene rings is 2. The number of amides is 1. The average Bonchev–Trinajstić information content (AvgIpc) is 3.22. The van der Waals surface area contributed by atoms with Gasteiger partial charge in [0.05, 0.1) is 15.1 Å². The molecule has 7 nitrogen and oxygen atoms in total. The summed E-state index contributed by atoms with van der Waals surface area (Å²) in [6.45, 7) is 6.43. The number of nitrogens with zero attached hydrogens (tertiary/aromatic N) is 4. The summed E-state index contributed by atoms with van der Waals surface area (Å²) in [5, 5.41) is 0.645. The molecular formula is C25H32N4O3S2. The van der Waals surface area contributed by atoms with E-state index in [1.54, 1.807) is 33.5 Å². The summed E-state index contributed by atoms with van der Waals surface area (Å²) < 4.78 is 28.7. The fourth-order valence-electron chi connectivity index (χ4n) is 4.02. The number of fused-ring (bicyclic) bond motifs is 1. The fourth-order valence-corrected chi connectivity index (χ4v) is 6.58. The highest BCUT2D eigenvalue weighted by molar-refractivity contribution is 7.89. The number of anilines is 1. The number of aryl methyl sites for hydroxylation is 1. The van der Waals surface area contributed by atoms with Gasteiger partial charge in [-0.2, -0.15) is 4.31 Å². The van der Waals surface area contributed by atoms with Crippen molar-refractivity contribution in [2.24, 2.45) is 5.92 Å². The zero-order chi connectivity index (χ0) is 24.5. The van der Waals surface area contributed by atoms with Crippen LogP contribution in [-0.2, 0) is 10.0 Å². The van der Waals surface area contributed by atoms with Crippen molar-refractivity contribution in [3.8, 4) is 0 Å². The van der Waals surface area contributed by atoms with Crippen LogP contribution in [0.5, 0.6) is 0 Å². The van der Waals surface area contributed by atoms with Gasteiger partial charge >= 0.3 is 0 Å². The van der Waals surface area contributed by atoms with Crippen molar-refractivity contribution < 1.29 is 13.2 Å². The minimum Gasteiger partial charge on any atom is -0.308 e. The second-order valence-corrected chi connectivity index (χ2v) is 12.3. The molecule has 1 saturated heterocycles. The molecule has 0 bridgehead atoms. The Morgan fingerprint density at radius 1 is 1.09 bits per heavy atom. The minimum atomic E-state index is -3.55. The number of likely N-dealkylation sites (N-methyl/N-ethyl adjacent to an activating group) is 1. The van der Waals surface area contributed by atoms with Gasteiger partial charge in [-0.1, -0.05) is 24.3 Å². The normalized spacial score (nSPS) is 15.8. The molecular weight excluding hydrogens is 468 g/mol. The highest BCUT2D eigenvalue weighted by Crippen LogP contribution is 2.31. The smallest absolute Gasteiger partial charge is 0.260 e. The van der Waals surface area contributed by atoms with Crippen molar-refractivity contribution >= 4 is 42.6 Å². The molecule has 2 aromatic carbocycles. The maximum absolute atomic E-state index is 13.5. The lowest BCUT2D eigenvalue weighted by Crippen LogP contribution is -2.38. The van der Waals surface area contributed by atoms with Crippen LogP contribution in [0.4, 0.5) is 5.13 Å². The number of hydrogen-bond acceptors (Lipinski definition) is 6. The van der Waals surface area contributed by atoms with Crippen molar-refractivity contribution in [3.63, 3.8) is 0 Å². The Bertz CT molecular complexity index is 1260. The summed E-state index contributed by atoms with van der Waals surface area (Å²) in [6, 6.07) is 12.4. The Kier molecular flexibility index (Phi) is 7.37.